The molecule has 0 aromatic heterocycles. The fourth-order valence-corrected chi connectivity index (χ4v) is 5.56. The first-order valence-electron chi connectivity index (χ1n) is 13.5. The lowest BCUT2D eigenvalue weighted by Gasteiger charge is -2.33. The van der Waals surface area contributed by atoms with E-state index in [1.54, 1.807) is 4.90 Å². The van der Waals surface area contributed by atoms with Crippen molar-refractivity contribution in [1.82, 2.24) is 10.2 Å². The first-order valence-corrected chi connectivity index (χ1v) is 14.3. The number of amides is 2. The minimum absolute atomic E-state index is 0.101. The molecule has 6 heteroatoms. The number of hydrogen-bond donors (Lipinski definition) is 1. The molecule has 1 unspecified atom stereocenters. The second-order valence-corrected chi connectivity index (χ2v) is 11.2. The Balaban J connectivity index is 1.62. The highest BCUT2D eigenvalue weighted by Crippen LogP contribution is 2.22. The molecule has 1 atom stereocenters. The first kappa shape index (κ1) is 27.9. The zero-order valence-corrected chi connectivity index (χ0v) is 23.9. The average Bonchev–Trinajstić information content (AvgIpc) is 2.91. The third-order valence-electron chi connectivity index (χ3n) is 7.15. The number of carbonyl (C=O) groups excluding carboxylic acids is 2. The van der Waals surface area contributed by atoms with Crippen LogP contribution in [0.25, 0.3) is 0 Å². The number of halogens is 1. The molecule has 1 saturated carbocycles. The van der Waals surface area contributed by atoms with Crippen molar-refractivity contribution in [3.8, 4) is 5.75 Å². The lowest BCUT2D eigenvalue weighted by atomic mass is 9.94. The van der Waals surface area contributed by atoms with Crippen LogP contribution in [0.3, 0.4) is 0 Å². The molecule has 0 spiro atoms. The van der Waals surface area contributed by atoms with Crippen LogP contribution in [-0.4, -0.2) is 35.4 Å². The molecule has 4 rings (SSSR count). The summed E-state index contributed by atoms with van der Waals surface area (Å²) in [6.45, 7) is 4.17. The number of carbonyl (C=O) groups is 2. The molecule has 0 heterocycles. The number of nitrogens with one attached hydrogen (secondary N) is 1. The van der Waals surface area contributed by atoms with Gasteiger partial charge in [-0.15, -0.1) is 0 Å². The second-order valence-electron chi connectivity index (χ2n) is 10.3. The summed E-state index contributed by atoms with van der Waals surface area (Å²) in [6, 6.07) is 23.2. The van der Waals surface area contributed by atoms with Gasteiger partial charge in [0.25, 0.3) is 5.91 Å². The Bertz CT molecular complexity index is 1220. The molecule has 5 nitrogen and oxygen atoms in total. The Morgan fingerprint density at radius 1 is 0.947 bits per heavy atom. The summed E-state index contributed by atoms with van der Waals surface area (Å²) in [7, 11) is 0. The van der Waals surface area contributed by atoms with Gasteiger partial charge in [0.05, 0.1) is 0 Å². The molecule has 2 amide bonds. The van der Waals surface area contributed by atoms with Crippen LogP contribution in [0.1, 0.15) is 54.4 Å². The monoisotopic (exact) mass is 576 g/mol. The number of hydrogen-bond acceptors (Lipinski definition) is 3. The van der Waals surface area contributed by atoms with Crippen LogP contribution in [0.5, 0.6) is 5.75 Å². The molecule has 0 saturated heterocycles. The van der Waals surface area contributed by atoms with E-state index in [1.165, 1.54) is 6.42 Å². The summed E-state index contributed by atoms with van der Waals surface area (Å²) in [6.07, 6.45) is 5.86. The molecule has 1 fully saturated rings. The maximum atomic E-state index is 13.8. The van der Waals surface area contributed by atoms with Gasteiger partial charge in [0.2, 0.25) is 5.91 Å². The first-order chi connectivity index (χ1) is 18.4. The summed E-state index contributed by atoms with van der Waals surface area (Å²) in [5.74, 6) is 0.359. The fourth-order valence-electron chi connectivity index (χ4n) is 5.11. The minimum atomic E-state index is -0.659. The third-order valence-corrected chi connectivity index (χ3v) is 7.64. The van der Waals surface area contributed by atoms with E-state index in [9.17, 15) is 9.59 Å². The van der Waals surface area contributed by atoms with Crippen LogP contribution >= 0.6 is 15.9 Å². The number of ether oxygens (including phenoxy) is 1. The maximum Gasteiger partial charge on any atom is 0.261 e. The van der Waals surface area contributed by atoms with Gasteiger partial charge in [-0.1, -0.05) is 95.4 Å². The van der Waals surface area contributed by atoms with Crippen LogP contribution in [0.15, 0.2) is 77.3 Å². The molecule has 3 aromatic rings. The van der Waals surface area contributed by atoms with Crippen LogP contribution in [0.2, 0.25) is 0 Å². The standard InChI is InChI=1S/C32H37BrN2O3/c1-23-16-17-30(24(2)18-23)38-22-31(36)35(21-26-12-9-13-27(33)19-26)29(20-25-10-5-3-6-11-25)32(37)34-28-14-7-4-8-15-28/h3,5-6,9-13,16-19,28-29H,4,7-8,14-15,20-22H2,1-2H3,(H,34,37). The van der Waals surface area contributed by atoms with Crippen molar-refractivity contribution in [3.63, 3.8) is 0 Å². The van der Waals surface area contributed by atoms with E-state index in [2.05, 4.69) is 21.2 Å². The number of rotatable bonds is 10. The molecular formula is C32H37BrN2O3. The molecule has 0 bridgehead atoms. The second kappa shape index (κ2) is 13.6. The summed E-state index contributed by atoms with van der Waals surface area (Å²) in [4.78, 5) is 29.3. The largest absolute Gasteiger partial charge is 0.483 e. The number of aryl methyl sites for hydroxylation is 2. The van der Waals surface area contributed by atoms with Crippen molar-refractivity contribution >= 4 is 27.7 Å². The third kappa shape index (κ3) is 7.94. The highest BCUT2D eigenvalue weighted by atomic mass is 79.9. The Labute approximate surface area is 234 Å². The van der Waals surface area contributed by atoms with E-state index in [4.69, 9.17) is 4.74 Å². The van der Waals surface area contributed by atoms with E-state index in [-0.39, 0.29) is 24.5 Å². The van der Waals surface area contributed by atoms with Gasteiger partial charge in [-0.3, -0.25) is 9.59 Å². The van der Waals surface area contributed by atoms with Gasteiger partial charge in [-0.25, -0.2) is 0 Å². The van der Waals surface area contributed by atoms with Gasteiger partial charge in [0.15, 0.2) is 6.61 Å². The molecule has 1 aliphatic carbocycles. The Kier molecular flexibility index (Phi) is 9.99. The zero-order valence-electron chi connectivity index (χ0n) is 22.3. The smallest absolute Gasteiger partial charge is 0.261 e. The van der Waals surface area contributed by atoms with Gasteiger partial charge < -0.3 is 15.0 Å². The highest BCUT2D eigenvalue weighted by molar-refractivity contribution is 9.10. The van der Waals surface area contributed by atoms with Crippen molar-refractivity contribution in [3.05, 3.63) is 99.5 Å². The molecule has 1 aliphatic rings. The van der Waals surface area contributed by atoms with E-state index in [0.717, 1.165) is 52.4 Å². The Morgan fingerprint density at radius 3 is 2.39 bits per heavy atom. The van der Waals surface area contributed by atoms with Gasteiger partial charge >= 0.3 is 0 Å². The molecule has 1 N–H and O–H groups in total. The summed E-state index contributed by atoms with van der Waals surface area (Å²) >= 11 is 3.54. The van der Waals surface area contributed by atoms with Crippen molar-refractivity contribution in [2.75, 3.05) is 6.61 Å². The maximum absolute atomic E-state index is 13.8. The lowest BCUT2D eigenvalue weighted by molar-refractivity contribution is -0.143. The van der Waals surface area contributed by atoms with Gasteiger partial charge in [0.1, 0.15) is 11.8 Å². The quantitative estimate of drug-likeness (QED) is 0.298. The predicted octanol–water partition coefficient (Wildman–Crippen LogP) is 6.53. The zero-order chi connectivity index (χ0) is 26.9. The lowest BCUT2D eigenvalue weighted by Crippen LogP contribution is -2.53. The molecule has 0 radical (unpaired) electrons. The van der Waals surface area contributed by atoms with Crippen LogP contribution < -0.4 is 10.1 Å². The minimum Gasteiger partial charge on any atom is -0.483 e. The molecule has 0 aliphatic heterocycles. The van der Waals surface area contributed by atoms with Crippen molar-refractivity contribution in [1.29, 1.82) is 0 Å². The van der Waals surface area contributed by atoms with Crippen molar-refractivity contribution in [2.45, 2.75) is 71.0 Å². The van der Waals surface area contributed by atoms with E-state index < -0.39 is 6.04 Å². The van der Waals surface area contributed by atoms with Crippen molar-refractivity contribution in [2.24, 2.45) is 0 Å². The summed E-state index contributed by atoms with van der Waals surface area (Å²) in [5, 5.41) is 3.28. The summed E-state index contributed by atoms with van der Waals surface area (Å²) < 4.78 is 6.92. The van der Waals surface area contributed by atoms with Crippen LogP contribution in [0, 0.1) is 13.8 Å². The van der Waals surface area contributed by atoms with Crippen molar-refractivity contribution < 1.29 is 14.3 Å². The topological polar surface area (TPSA) is 58.6 Å². The fraction of sp³-hybridized carbons (Fsp3) is 0.375. The molecule has 38 heavy (non-hydrogen) atoms. The Hall–Kier alpha value is -3.12. The van der Waals surface area contributed by atoms with E-state index >= 15 is 0 Å². The summed E-state index contributed by atoms with van der Waals surface area (Å²) in [5.41, 5.74) is 4.08. The molecular weight excluding hydrogens is 540 g/mol. The van der Waals surface area contributed by atoms with Crippen LogP contribution in [-0.2, 0) is 22.6 Å². The molecule has 200 valence electrons. The Morgan fingerprint density at radius 2 is 1.68 bits per heavy atom. The van der Waals surface area contributed by atoms with Gasteiger partial charge in [0, 0.05) is 23.5 Å². The van der Waals surface area contributed by atoms with Crippen LogP contribution in [0.4, 0.5) is 0 Å². The number of benzene rings is 3. The van der Waals surface area contributed by atoms with Gasteiger partial charge in [-0.2, -0.15) is 0 Å². The number of nitrogens with zero attached hydrogens (tertiary/aromatic N) is 1. The highest BCUT2D eigenvalue weighted by Gasteiger charge is 2.32. The van der Waals surface area contributed by atoms with E-state index in [0.29, 0.717) is 18.7 Å². The van der Waals surface area contributed by atoms with Gasteiger partial charge in [-0.05, 0) is 61.6 Å². The van der Waals surface area contributed by atoms with E-state index in [1.807, 2.05) is 86.6 Å². The predicted molar refractivity (Wildman–Crippen MR) is 155 cm³/mol. The molecule has 3 aromatic carbocycles. The average molecular weight is 578 g/mol. The normalized spacial score (nSPS) is 14.5. The SMILES string of the molecule is Cc1ccc(OCC(=O)N(Cc2cccc(Br)c2)C(Cc2ccccc2)C(=O)NC2CCCCC2)c(C)c1.